The number of ketones is 5. The molecule has 0 aromatic carbocycles. The van der Waals surface area contributed by atoms with Gasteiger partial charge in [-0.1, -0.05) is 32.9 Å². The molecule has 0 saturated heterocycles. The van der Waals surface area contributed by atoms with Crippen LogP contribution in [0, 0.1) is 20.8 Å². The number of hydrogen-bond acceptors (Lipinski definition) is 32. The average Bonchev–Trinajstić information content (AvgIpc) is 1.65. The number of aromatic nitrogens is 19. The van der Waals surface area contributed by atoms with Crippen molar-refractivity contribution in [2.45, 2.75) is 91.9 Å². The maximum atomic E-state index is 13.2. The third kappa shape index (κ3) is 26.9. The van der Waals surface area contributed by atoms with Crippen LogP contribution in [0.4, 0.5) is 8.78 Å². The lowest BCUT2D eigenvalue weighted by Gasteiger charge is -2.16. The molecule has 118 heavy (non-hydrogen) atoms. The topological polar surface area (TPSA) is 376 Å². The molecule has 0 N–H and O–H groups in total. The molecule has 0 aliphatic carbocycles. The number of Topliss-reactive ketones (excluding diaryl/α,β-unsaturated/α-hetero) is 5. The number of hydrogen-bond donors (Lipinski definition) is 0. The highest BCUT2D eigenvalue weighted by molar-refractivity contribution is 7.12. The van der Waals surface area contributed by atoms with Crippen molar-refractivity contribution in [3.05, 3.63) is 327 Å². The predicted octanol–water partition coefficient (Wildman–Crippen LogP) is 16.5. The molecule has 0 spiro atoms. The third-order valence-electron chi connectivity index (χ3n) is 15.6. The van der Waals surface area contributed by atoms with Crippen LogP contribution in [0.5, 0.6) is 57.5 Å². The zero-order chi connectivity index (χ0) is 83.2. The van der Waals surface area contributed by atoms with Gasteiger partial charge in [-0.2, -0.15) is 8.78 Å². The number of ether oxygens (including phenoxy) is 5. The molecule has 0 bridgehead atoms. The Bertz CT molecular complexity index is 5810. The van der Waals surface area contributed by atoms with Crippen LogP contribution in [0.15, 0.2) is 245 Å². The van der Waals surface area contributed by atoms with Crippen molar-refractivity contribution in [1.82, 2.24) is 94.7 Å². The lowest BCUT2D eigenvalue weighted by Crippen LogP contribution is -2.10. The van der Waals surface area contributed by atoms with E-state index < -0.39 is 5.92 Å². The highest BCUT2D eigenvalue weighted by Crippen LogP contribution is 2.33. The first-order chi connectivity index (χ1) is 57.0. The summed E-state index contributed by atoms with van der Waals surface area (Å²) in [5, 5.41) is 5.00. The summed E-state index contributed by atoms with van der Waals surface area (Å²) >= 11 is 4.06. The van der Waals surface area contributed by atoms with E-state index in [4.69, 9.17) is 23.7 Å². The van der Waals surface area contributed by atoms with Gasteiger partial charge in [0.15, 0.2) is 51.9 Å². The van der Waals surface area contributed by atoms with E-state index in [2.05, 4.69) is 115 Å². The van der Waals surface area contributed by atoms with Gasteiger partial charge >= 0.3 is 0 Å². The van der Waals surface area contributed by atoms with Crippen LogP contribution < -0.4 is 23.7 Å². The minimum absolute atomic E-state index is 0.0206. The second kappa shape index (κ2) is 41.6. The Morgan fingerprint density at radius 3 is 1.13 bits per heavy atom. The van der Waals surface area contributed by atoms with E-state index in [9.17, 15) is 32.8 Å². The average molecular weight is 1640 g/mol. The van der Waals surface area contributed by atoms with E-state index in [1.165, 1.54) is 84.0 Å². The molecular formula is C84H71F2N19O10S3. The maximum absolute atomic E-state index is 13.2. The van der Waals surface area contributed by atoms with E-state index in [1.807, 2.05) is 56.5 Å². The predicted molar refractivity (Wildman–Crippen MR) is 431 cm³/mol. The Morgan fingerprint density at radius 1 is 0.356 bits per heavy atom. The van der Waals surface area contributed by atoms with Crippen LogP contribution in [-0.2, 0) is 43.4 Å². The second-order valence-electron chi connectivity index (χ2n) is 26.2. The van der Waals surface area contributed by atoms with Crippen LogP contribution in [-0.4, -0.2) is 124 Å². The molecule has 15 aromatic heterocycles. The van der Waals surface area contributed by atoms with Crippen molar-refractivity contribution in [1.29, 1.82) is 0 Å². The van der Waals surface area contributed by atoms with Gasteiger partial charge < -0.3 is 23.7 Å². The summed E-state index contributed by atoms with van der Waals surface area (Å²) in [6.07, 6.45) is 33.0. The number of carbonyl (C=O) groups is 5. The highest BCUT2D eigenvalue weighted by atomic mass is 32.1. The van der Waals surface area contributed by atoms with Crippen molar-refractivity contribution >= 4 is 62.9 Å². The van der Waals surface area contributed by atoms with E-state index >= 15 is 0 Å². The zero-order valence-electron chi connectivity index (χ0n) is 64.2. The smallest absolute Gasteiger partial charge is 0.287 e. The lowest BCUT2D eigenvalue weighted by atomic mass is 9.93. The van der Waals surface area contributed by atoms with Crippen LogP contribution in [0.3, 0.4) is 0 Å². The zero-order valence-corrected chi connectivity index (χ0v) is 66.6. The fourth-order valence-corrected chi connectivity index (χ4v) is 12.8. The highest BCUT2D eigenvalue weighted by Gasteiger charge is 2.29. The van der Waals surface area contributed by atoms with Gasteiger partial charge in [-0.25, -0.2) is 54.8 Å². The summed E-state index contributed by atoms with van der Waals surface area (Å²) < 4.78 is 54.5. The fourth-order valence-electron chi connectivity index (χ4n) is 10.2. The molecule has 34 heteroatoms. The van der Waals surface area contributed by atoms with Gasteiger partial charge in [0, 0.05) is 120 Å². The standard InChI is InChI=1S/C19H20N4O2S.2C17H14N4O2.C16H12F2N4O2S.C15H11N3O2S/c1-12-18(19(2,3)4)26-17(23-12)8-16(24)15-7-13(5-6-22-15)25-14-9-20-11-21-10-14;1-12-2-3-13(21-8-12)6-17(22)16-7-14(4-5-20-16)23-15-9-18-11-19-10-15;1-12-3-2-4-13(21-12)7-17(22)16-8-14(5-6-20-16)23-15-9-18-11-19-10-15;1-16(17,18)14-8-25-15(22-14)5-13(23)12-4-10(2-3-21-12)24-11-6-19-9-20-7-11;19-14(9-15-18-6-7-21-15)13-8-11(3-5-17-13)20-12-2-1-4-16-10-12/h5-7,9-11H,8H2,1-4H3;2-5,7-11H,6H2,1H3;2-6,8-11H,7H2,1H3;2-4,6-9H,5H2,1H3;1-8,10H,9H2. The quantitative estimate of drug-likeness (QED) is 0.0454. The van der Waals surface area contributed by atoms with Crippen LogP contribution >= 0.6 is 34.0 Å². The summed E-state index contributed by atoms with van der Waals surface area (Å²) in [7, 11) is 0. The Balaban J connectivity index is 0.000000145. The first-order valence-electron chi connectivity index (χ1n) is 35.7. The van der Waals surface area contributed by atoms with Crippen molar-refractivity contribution in [2.24, 2.45) is 0 Å². The number of carbonyl (C=O) groups excluding carboxylic acids is 5. The first kappa shape index (κ1) is 84.5. The van der Waals surface area contributed by atoms with Crippen molar-refractivity contribution < 1.29 is 56.4 Å². The van der Waals surface area contributed by atoms with E-state index in [0.717, 1.165) is 50.9 Å². The van der Waals surface area contributed by atoms with Gasteiger partial charge in [-0.05, 0) is 92.4 Å². The number of rotatable bonds is 26. The Kier molecular flexibility index (Phi) is 29.8. The lowest BCUT2D eigenvalue weighted by molar-refractivity contribution is 0.0132. The Morgan fingerprint density at radius 2 is 0.763 bits per heavy atom. The second-order valence-corrected chi connectivity index (χ2v) is 29.2. The molecular weight excluding hydrogens is 1570 g/mol. The summed E-state index contributed by atoms with van der Waals surface area (Å²) in [6, 6.07) is 29.2. The van der Waals surface area contributed by atoms with Crippen LogP contribution in [0.2, 0.25) is 0 Å². The SMILES string of the molecule is CC(F)(F)c1csc(CC(=O)c2cc(Oc3cncnc3)ccn2)n1.Cc1ccc(CC(=O)c2cc(Oc3cncnc3)ccn2)nc1.Cc1cccc(CC(=O)c2cc(Oc3cncnc3)ccn2)n1.Cc1nc(CC(=O)c2cc(Oc3cncnc3)ccn2)sc1C(C)(C)C.O=C(Cc1nccs1)c1cc(Oc2cccnc2)ccn1. The molecule has 594 valence electrons. The van der Waals surface area contributed by atoms with Crippen LogP contribution in [0.1, 0.15) is 134 Å². The van der Waals surface area contributed by atoms with Gasteiger partial charge in [-0.15, -0.1) is 34.0 Å². The van der Waals surface area contributed by atoms with Crippen molar-refractivity contribution in [2.75, 3.05) is 0 Å². The van der Waals surface area contributed by atoms with Gasteiger partial charge in [0.2, 0.25) is 0 Å². The van der Waals surface area contributed by atoms with Gasteiger partial charge in [-0.3, -0.25) is 63.8 Å². The number of alkyl halides is 2. The van der Waals surface area contributed by atoms with E-state index in [0.29, 0.717) is 91.0 Å². The molecule has 0 atom stereocenters. The number of thiazole rings is 3. The molecule has 0 saturated carbocycles. The van der Waals surface area contributed by atoms with Gasteiger partial charge in [0.05, 0.1) is 93.6 Å². The number of nitrogens with zero attached hydrogens (tertiary/aromatic N) is 19. The minimum atomic E-state index is -3.03. The number of aryl methyl sites for hydroxylation is 3. The molecule has 0 aliphatic rings. The van der Waals surface area contributed by atoms with Crippen molar-refractivity contribution in [3.63, 3.8) is 0 Å². The van der Waals surface area contributed by atoms with Gasteiger partial charge in [0.25, 0.3) is 5.92 Å². The van der Waals surface area contributed by atoms with E-state index in [-0.39, 0.29) is 77.8 Å². The summed E-state index contributed by atoms with van der Waals surface area (Å²) in [5.74, 6) is 1.25. The Hall–Kier alpha value is -14.4. The van der Waals surface area contributed by atoms with Crippen LogP contribution in [0.25, 0.3) is 0 Å². The fraction of sp³-hybridized carbons (Fsp3) is 0.167. The summed E-state index contributed by atoms with van der Waals surface area (Å²) in [6.45, 7) is 13.0. The molecule has 15 rings (SSSR count). The molecule has 0 amide bonds. The van der Waals surface area contributed by atoms with Crippen molar-refractivity contribution in [3.8, 4) is 57.5 Å². The molecule has 0 fully saturated rings. The largest absolute Gasteiger partial charge is 0.456 e. The molecule has 0 unspecified atom stereocenters. The normalized spacial score (nSPS) is 10.8. The molecule has 15 heterocycles. The molecule has 15 aromatic rings. The molecule has 0 aliphatic heterocycles. The maximum Gasteiger partial charge on any atom is 0.287 e. The third-order valence-corrected chi connectivity index (χ3v) is 18.8. The first-order valence-corrected chi connectivity index (χ1v) is 38.3. The minimum Gasteiger partial charge on any atom is -0.456 e. The van der Waals surface area contributed by atoms with Gasteiger partial charge in [0.1, 0.15) is 109 Å². The number of halogens is 2. The monoisotopic (exact) mass is 1640 g/mol. The molecule has 29 nitrogen and oxygen atoms in total. The molecule has 0 radical (unpaired) electrons. The van der Waals surface area contributed by atoms with E-state index in [1.54, 1.807) is 152 Å². The summed E-state index contributed by atoms with van der Waals surface area (Å²) in [4.78, 5) is 139. The Labute approximate surface area is 686 Å². The summed E-state index contributed by atoms with van der Waals surface area (Å²) in [5.41, 5.74) is 5.59. The number of pyridine rings is 8.